The average molecular weight is 617 g/mol. The molecule has 4 aromatic rings. The molecule has 214 valence electrons. The highest BCUT2D eigenvalue weighted by atomic mass is 35.5. The Hall–Kier alpha value is -3.54. The quantitative estimate of drug-likeness (QED) is 0.324. The van der Waals surface area contributed by atoms with Crippen LogP contribution in [0.3, 0.4) is 0 Å². The van der Waals surface area contributed by atoms with Crippen LogP contribution in [0.1, 0.15) is 29.9 Å². The number of sulfone groups is 1. The van der Waals surface area contributed by atoms with Crippen LogP contribution in [0.25, 0.3) is 28.2 Å². The van der Waals surface area contributed by atoms with Gasteiger partial charge in [0.15, 0.2) is 15.5 Å². The Balaban J connectivity index is 1.58. The fourth-order valence-electron chi connectivity index (χ4n) is 5.55. The first-order chi connectivity index (χ1) is 19.4. The Labute approximate surface area is 247 Å². The van der Waals surface area contributed by atoms with Crippen LogP contribution in [-0.4, -0.2) is 69.5 Å². The number of halogens is 2. The Kier molecular flexibility index (Phi) is 6.59. The van der Waals surface area contributed by atoms with Crippen molar-refractivity contribution < 1.29 is 22.7 Å². The third-order valence-corrected chi connectivity index (χ3v) is 9.76. The highest BCUT2D eigenvalue weighted by molar-refractivity contribution is 7.91. The van der Waals surface area contributed by atoms with Crippen LogP contribution in [0, 0.1) is 0 Å². The maximum atomic E-state index is 14.1. The standard InChI is InChI=1S/C28H27Cl2N5O5S/c1-28(2)15-41(37,38)8-7-34(28)27(36)25-21-14-40-24-13-23(39-4)19(22-5-6-33(3)31-22)12-20(24)26(21)35(32-25)18-10-16(29)9-17(30)11-18/h5-6,9-13H,7-8,14-15H2,1-4H3. The van der Waals surface area contributed by atoms with Gasteiger partial charge in [-0.05, 0) is 44.2 Å². The first-order valence-electron chi connectivity index (χ1n) is 12.8. The van der Waals surface area contributed by atoms with E-state index in [2.05, 4.69) is 5.10 Å². The topological polar surface area (TPSA) is 109 Å². The fourth-order valence-corrected chi connectivity index (χ4v) is 7.90. The summed E-state index contributed by atoms with van der Waals surface area (Å²) < 4.78 is 39.9. The molecule has 0 N–H and O–H groups in total. The highest BCUT2D eigenvalue weighted by Crippen LogP contribution is 2.46. The van der Waals surface area contributed by atoms with Crippen LogP contribution >= 0.6 is 23.2 Å². The van der Waals surface area contributed by atoms with Crippen molar-refractivity contribution >= 4 is 38.9 Å². The Morgan fingerprint density at radius 3 is 2.44 bits per heavy atom. The van der Waals surface area contributed by atoms with E-state index in [0.29, 0.717) is 49.7 Å². The molecule has 1 fully saturated rings. The molecule has 0 radical (unpaired) electrons. The smallest absolute Gasteiger partial charge is 0.275 e. The normalized spacial score (nSPS) is 17.0. The molecule has 13 heteroatoms. The second kappa shape index (κ2) is 9.78. The molecule has 41 heavy (non-hydrogen) atoms. The fraction of sp³-hybridized carbons (Fsp3) is 0.321. The van der Waals surface area contributed by atoms with Gasteiger partial charge in [-0.25, -0.2) is 13.1 Å². The van der Waals surface area contributed by atoms with Gasteiger partial charge in [0, 0.05) is 52.6 Å². The molecule has 4 heterocycles. The minimum Gasteiger partial charge on any atom is -0.496 e. The number of aromatic nitrogens is 4. The van der Waals surface area contributed by atoms with E-state index in [-0.39, 0.29) is 36.3 Å². The Morgan fingerprint density at radius 2 is 1.80 bits per heavy atom. The van der Waals surface area contributed by atoms with Crippen molar-refractivity contribution in [2.45, 2.75) is 26.0 Å². The minimum atomic E-state index is -3.27. The van der Waals surface area contributed by atoms with Gasteiger partial charge in [-0.15, -0.1) is 0 Å². The lowest BCUT2D eigenvalue weighted by molar-refractivity contribution is 0.0582. The predicted molar refractivity (Wildman–Crippen MR) is 156 cm³/mol. The van der Waals surface area contributed by atoms with E-state index in [1.807, 2.05) is 25.4 Å². The molecule has 1 amide bonds. The molecule has 2 aliphatic heterocycles. The maximum absolute atomic E-state index is 14.1. The summed E-state index contributed by atoms with van der Waals surface area (Å²) in [5, 5.41) is 10.2. The number of aryl methyl sites for hydroxylation is 1. The summed E-state index contributed by atoms with van der Waals surface area (Å²) in [6.07, 6.45) is 1.84. The van der Waals surface area contributed by atoms with Crippen LogP contribution in [-0.2, 0) is 23.5 Å². The molecule has 6 rings (SSSR count). The SMILES string of the molecule is COc1cc2c(cc1-c1ccn(C)n1)-c1c(c(C(=O)N3CCS(=O)(=O)CC3(C)C)nn1-c1cc(Cl)cc(Cl)c1)CO2. The van der Waals surface area contributed by atoms with Crippen LogP contribution in [0.15, 0.2) is 42.6 Å². The average Bonchev–Trinajstić information content (AvgIpc) is 3.50. The van der Waals surface area contributed by atoms with Gasteiger partial charge in [0.25, 0.3) is 5.91 Å². The van der Waals surface area contributed by atoms with E-state index in [1.54, 1.807) is 59.5 Å². The molecule has 0 saturated carbocycles. The lowest BCUT2D eigenvalue weighted by atomic mass is 9.97. The van der Waals surface area contributed by atoms with Gasteiger partial charge in [0.1, 0.15) is 18.1 Å². The molecule has 10 nitrogen and oxygen atoms in total. The summed E-state index contributed by atoms with van der Waals surface area (Å²) in [7, 11) is 0.141. The molecule has 0 aliphatic carbocycles. The largest absolute Gasteiger partial charge is 0.496 e. The molecule has 2 aromatic carbocycles. The number of carbonyl (C=O) groups excluding carboxylic acids is 1. The van der Waals surface area contributed by atoms with E-state index < -0.39 is 15.4 Å². The number of rotatable bonds is 4. The molecule has 0 spiro atoms. The molecule has 2 aromatic heterocycles. The molecule has 0 unspecified atom stereocenters. The van der Waals surface area contributed by atoms with Crippen molar-refractivity contribution in [3.8, 4) is 39.7 Å². The van der Waals surface area contributed by atoms with E-state index >= 15 is 0 Å². The van der Waals surface area contributed by atoms with Gasteiger partial charge >= 0.3 is 0 Å². The number of nitrogens with zero attached hydrogens (tertiary/aromatic N) is 5. The van der Waals surface area contributed by atoms with E-state index in [9.17, 15) is 13.2 Å². The van der Waals surface area contributed by atoms with Crippen molar-refractivity contribution in [2.24, 2.45) is 7.05 Å². The van der Waals surface area contributed by atoms with E-state index in [0.717, 1.165) is 5.56 Å². The van der Waals surface area contributed by atoms with E-state index in [4.69, 9.17) is 37.8 Å². The summed E-state index contributed by atoms with van der Waals surface area (Å²) in [6, 6.07) is 10.6. The van der Waals surface area contributed by atoms with Crippen LogP contribution in [0.4, 0.5) is 0 Å². The zero-order valence-corrected chi connectivity index (χ0v) is 25.1. The number of methoxy groups -OCH3 is 1. The zero-order chi connectivity index (χ0) is 29.3. The monoisotopic (exact) mass is 615 g/mol. The van der Waals surface area contributed by atoms with Crippen molar-refractivity contribution in [1.29, 1.82) is 0 Å². The molecular formula is C28H27Cl2N5O5S. The van der Waals surface area contributed by atoms with Crippen LogP contribution < -0.4 is 9.47 Å². The van der Waals surface area contributed by atoms with Crippen molar-refractivity contribution in [3.63, 3.8) is 0 Å². The third-order valence-electron chi connectivity index (χ3n) is 7.37. The first-order valence-corrected chi connectivity index (χ1v) is 15.4. The van der Waals surface area contributed by atoms with Gasteiger partial charge in [0.2, 0.25) is 0 Å². The molecule has 0 atom stereocenters. The summed E-state index contributed by atoms with van der Waals surface area (Å²) in [6.45, 7) is 3.63. The number of carbonyl (C=O) groups is 1. The number of ether oxygens (including phenoxy) is 2. The number of benzene rings is 2. The van der Waals surface area contributed by atoms with Gasteiger partial charge < -0.3 is 14.4 Å². The highest BCUT2D eigenvalue weighted by Gasteiger charge is 2.43. The number of fused-ring (bicyclic) bond motifs is 3. The maximum Gasteiger partial charge on any atom is 0.275 e. The van der Waals surface area contributed by atoms with Gasteiger partial charge in [-0.2, -0.15) is 10.2 Å². The van der Waals surface area contributed by atoms with Crippen molar-refractivity contribution in [3.05, 3.63) is 63.9 Å². The lowest BCUT2D eigenvalue weighted by Gasteiger charge is -2.41. The van der Waals surface area contributed by atoms with Gasteiger partial charge in [-0.1, -0.05) is 23.2 Å². The minimum absolute atomic E-state index is 0.0658. The molecular weight excluding hydrogens is 589 g/mol. The Morgan fingerprint density at radius 1 is 1.07 bits per heavy atom. The second-order valence-corrected chi connectivity index (χ2v) is 13.8. The second-order valence-electron chi connectivity index (χ2n) is 10.8. The van der Waals surface area contributed by atoms with Gasteiger partial charge in [-0.3, -0.25) is 9.48 Å². The number of hydrogen-bond acceptors (Lipinski definition) is 7. The first kappa shape index (κ1) is 27.6. The lowest BCUT2D eigenvalue weighted by Crippen LogP contribution is -2.57. The Bertz CT molecular complexity index is 1810. The van der Waals surface area contributed by atoms with Crippen LogP contribution in [0.5, 0.6) is 11.5 Å². The molecule has 0 bridgehead atoms. The molecule has 2 aliphatic rings. The molecule has 1 saturated heterocycles. The summed E-state index contributed by atoms with van der Waals surface area (Å²) in [5.74, 6) is 0.507. The zero-order valence-electron chi connectivity index (χ0n) is 22.8. The van der Waals surface area contributed by atoms with Crippen molar-refractivity contribution in [1.82, 2.24) is 24.5 Å². The summed E-state index contributed by atoms with van der Waals surface area (Å²) in [4.78, 5) is 15.7. The summed E-state index contributed by atoms with van der Waals surface area (Å²) in [5.41, 5.74) is 3.12. The summed E-state index contributed by atoms with van der Waals surface area (Å²) >= 11 is 12.8. The van der Waals surface area contributed by atoms with Crippen molar-refractivity contribution in [2.75, 3.05) is 25.2 Å². The number of amides is 1. The van der Waals surface area contributed by atoms with E-state index in [1.165, 1.54) is 0 Å². The third kappa shape index (κ3) is 4.85. The van der Waals surface area contributed by atoms with Crippen LogP contribution in [0.2, 0.25) is 10.0 Å². The van der Waals surface area contributed by atoms with Gasteiger partial charge in [0.05, 0.1) is 41.2 Å². The predicted octanol–water partition coefficient (Wildman–Crippen LogP) is 4.80. The number of hydrogen-bond donors (Lipinski definition) is 0.